The quantitative estimate of drug-likeness (QED) is 0.577. The van der Waals surface area contributed by atoms with Gasteiger partial charge in [0.2, 0.25) is 5.91 Å². The van der Waals surface area contributed by atoms with Crippen LogP contribution in [0.25, 0.3) is 0 Å². The van der Waals surface area contributed by atoms with Gasteiger partial charge in [-0.05, 0) is 41.0 Å². The summed E-state index contributed by atoms with van der Waals surface area (Å²) < 4.78 is 13.3. The van der Waals surface area contributed by atoms with E-state index >= 15 is 0 Å². The number of rotatable bonds is 7. The van der Waals surface area contributed by atoms with Gasteiger partial charge in [0.15, 0.2) is 0 Å². The van der Waals surface area contributed by atoms with Crippen LogP contribution >= 0.6 is 0 Å². The number of nitrogens with two attached hydrogens (primary N) is 1. The summed E-state index contributed by atoms with van der Waals surface area (Å²) in [5.74, 6) is -1.08. The molecular weight excluding hydrogens is 369 g/mol. The van der Waals surface area contributed by atoms with Crippen molar-refractivity contribution in [3.63, 3.8) is 0 Å². The largest absolute Gasteiger partial charge is 0.352 e. The molecular formula is C23H22FN3O2. The molecule has 4 N–H and O–H groups in total. The van der Waals surface area contributed by atoms with Gasteiger partial charge in [0.1, 0.15) is 5.82 Å². The zero-order chi connectivity index (χ0) is 20.6. The van der Waals surface area contributed by atoms with Gasteiger partial charge in [0, 0.05) is 24.3 Å². The molecule has 3 rings (SSSR count). The van der Waals surface area contributed by atoms with Crippen LogP contribution in [0.2, 0.25) is 0 Å². The molecule has 3 aromatic carbocycles. The van der Waals surface area contributed by atoms with Crippen LogP contribution in [0.4, 0.5) is 10.1 Å². The van der Waals surface area contributed by atoms with Crippen molar-refractivity contribution in [3.8, 4) is 0 Å². The van der Waals surface area contributed by atoms with Crippen LogP contribution in [0.5, 0.6) is 0 Å². The average molecular weight is 391 g/mol. The SMILES string of the molecule is NCc1ccc(CNC(=O)Cc2ccccc2NC(=O)c2cccc(F)c2)cc1. The van der Waals surface area contributed by atoms with E-state index in [1.807, 2.05) is 24.3 Å². The Bertz CT molecular complexity index is 1000. The molecule has 2 amide bonds. The number of benzene rings is 3. The molecule has 29 heavy (non-hydrogen) atoms. The van der Waals surface area contributed by atoms with Gasteiger partial charge in [-0.15, -0.1) is 0 Å². The molecule has 0 radical (unpaired) electrons. The molecule has 0 atom stereocenters. The van der Waals surface area contributed by atoms with Crippen molar-refractivity contribution in [1.29, 1.82) is 0 Å². The minimum Gasteiger partial charge on any atom is -0.352 e. The molecule has 0 aliphatic carbocycles. The molecule has 0 aliphatic heterocycles. The maximum Gasteiger partial charge on any atom is 0.255 e. The predicted molar refractivity (Wildman–Crippen MR) is 111 cm³/mol. The van der Waals surface area contributed by atoms with Crippen LogP contribution < -0.4 is 16.4 Å². The number of halogens is 1. The molecule has 0 spiro atoms. The Hall–Kier alpha value is -3.51. The highest BCUT2D eigenvalue weighted by atomic mass is 19.1. The van der Waals surface area contributed by atoms with Crippen molar-refractivity contribution in [2.75, 3.05) is 5.32 Å². The Labute approximate surface area is 168 Å². The first-order valence-electron chi connectivity index (χ1n) is 9.24. The van der Waals surface area contributed by atoms with Gasteiger partial charge >= 0.3 is 0 Å². The highest BCUT2D eigenvalue weighted by Crippen LogP contribution is 2.17. The Morgan fingerprint density at radius 1 is 0.897 bits per heavy atom. The lowest BCUT2D eigenvalue weighted by Crippen LogP contribution is -2.25. The third kappa shape index (κ3) is 5.73. The van der Waals surface area contributed by atoms with Gasteiger partial charge in [-0.1, -0.05) is 48.5 Å². The minimum absolute atomic E-state index is 0.112. The van der Waals surface area contributed by atoms with E-state index in [0.29, 0.717) is 24.3 Å². The number of nitrogens with one attached hydrogen (secondary N) is 2. The zero-order valence-electron chi connectivity index (χ0n) is 15.8. The van der Waals surface area contributed by atoms with Gasteiger partial charge in [-0.3, -0.25) is 9.59 Å². The normalized spacial score (nSPS) is 10.4. The highest BCUT2D eigenvalue weighted by Gasteiger charge is 2.12. The molecule has 0 fully saturated rings. The van der Waals surface area contributed by atoms with E-state index in [1.165, 1.54) is 24.3 Å². The maximum absolute atomic E-state index is 13.3. The Morgan fingerprint density at radius 2 is 1.62 bits per heavy atom. The van der Waals surface area contributed by atoms with E-state index in [1.54, 1.807) is 24.3 Å². The lowest BCUT2D eigenvalue weighted by atomic mass is 10.1. The fourth-order valence-corrected chi connectivity index (χ4v) is 2.85. The van der Waals surface area contributed by atoms with Crippen molar-refractivity contribution in [1.82, 2.24) is 5.32 Å². The van der Waals surface area contributed by atoms with Crippen LogP contribution in [-0.4, -0.2) is 11.8 Å². The molecule has 0 aromatic heterocycles. The maximum atomic E-state index is 13.3. The summed E-state index contributed by atoms with van der Waals surface area (Å²) in [5.41, 5.74) is 8.99. The van der Waals surface area contributed by atoms with E-state index in [-0.39, 0.29) is 17.9 Å². The second-order valence-electron chi connectivity index (χ2n) is 6.60. The summed E-state index contributed by atoms with van der Waals surface area (Å²) in [6.07, 6.45) is 0.112. The fourth-order valence-electron chi connectivity index (χ4n) is 2.85. The Kier molecular flexibility index (Phi) is 6.71. The summed E-state index contributed by atoms with van der Waals surface area (Å²) in [4.78, 5) is 24.7. The number of para-hydroxylation sites is 1. The summed E-state index contributed by atoms with van der Waals surface area (Å²) in [7, 11) is 0. The summed E-state index contributed by atoms with van der Waals surface area (Å²) in [6, 6.07) is 20.2. The van der Waals surface area contributed by atoms with E-state index in [0.717, 1.165) is 11.1 Å². The van der Waals surface area contributed by atoms with Gasteiger partial charge < -0.3 is 16.4 Å². The predicted octanol–water partition coefficient (Wildman–Crippen LogP) is 3.40. The topological polar surface area (TPSA) is 84.2 Å². The van der Waals surface area contributed by atoms with E-state index in [9.17, 15) is 14.0 Å². The van der Waals surface area contributed by atoms with Crippen molar-refractivity contribution in [3.05, 3.63) is 101 Å². The Balaban J connectivity index is 1.62. The lowest BCUT2D eigenvalue weighted by Gasteiger charge is -2.12. The van der Waals surface area contributed by atoms with Crippen LogP contribution in [0.1, 0.15) is 27.0 Å². The third-order valence-corrected chi connectivity index (χ3v) is 4.45. The van der Waals surface area contributed by atoms with Crippen LogP contribution in [0.3, 0.4) is 0 Å². The zero-order valence-corrected chi connectivity index (χ0v) is 15.8. The Morgan fingerprint density at radius 3 is 2.34 bits per heavy atom. The molecule has 148 valence electrons. The lowest BCUT2D eigenvalue weighted by molar-refractivity contribution is -0.120. The van der Waals surface area contributed by atoms with Gasteiger partial charge in [0.25, 0.3) is 5.91 Å². The minimum atomic E-state index is -0.482. The standard InChI is InChI=1S/C23H22FN3O2/c24-20-6-3-5-19(12-20)23(29)27-21-7-2-1-4-18(21)13-22(28)26-15-17-10-8-16(14-25)9-11-17/h1-12H,13-15,25H2,(H,26,28)(H,27,29). The van der Waals surface area contributed by atoms with Crippen molar-refractivity contribution < 1.29 is 14.0 Å². The first kappa shape index (κ1) is 20.2. The third-order valence-electron chi connectivity index (χ3n) is 4.45. The van der Waals surface area contributed by atoms with Crippen LogP contribution in [0.15, 0.2) is 72.8 Å². The smallest absolute Gasteiger partial charge is 0.255 e. The molecule has 0 aliphatic rings. The molecule has 0 bridgehead atoms. The number of anilines is 1. The summed E-state index contributed by atoms with van der Waals surface area (Å²) in [5, 5.41) is 5.62. The van der Waals surface area contributed by atoms with E-state index in [4.69, 9.17) is 5.73 Å². The van der Waals surface area contributed by atoms with Gasteiger partial charge in [-0.25, -0.2) is 4.39 Å². The van der Waals surface area contributed by atoms with Gasteiger partial charge in [0.05, 0.1) is 6.42 Å². The highest BCUT2D eigenvalue weighted by molar-refractivity contribution is 6.04. The van der Waals surface area contributed by atoms with Crippen LogP contribution in [0, 0.1) is 5.82 Å². The number of amides is 2. The molecule has 0 saturated heterocycles. The molecule has 0 unspecified atom stereocenters. The molecule has 3 aromatic rings. The summed E-state index contributed by atoms with van der Waals surface area (Å²) >= 11 is 0. The molecule has 0 saturated carbocycles. The van der Waals surface area contributed by atoms with Crippen molar-refractivity contribution >= 4 is 17.5 Å². The first-order valence-corrected chi connectivity index (χ1v) is 9.24. The number of carbonyl (C=O) groups is 2. The molecule has 5 nitrogen and oxygen atoms in total. The number of carbonyl (C=O) groups excluding carboxylic acids is 2. The second kappa shape index (κ2) is 9.61. The average Bonchev–Trinajstić information content (AvgIpc) is 2.74. The van der Waals surface area contributed by atoms with E-state index in [2.05, 4.69) is 10.6 Å². The second-order valence-corrected chi connectivity index (χ2v) is 6.60. The number of hydrogen-bond donors (Lipinski definition) is 3. The van der Waals surface area contributed by atoms with Crippen LogP contribution in [-0.2, 0) is 24.3 Å². The molecule has 0 heterocycles. The van der Waals surface area contributed by atoms with Gasteiger partial charge in [-0.2, -0.15) is 0 Å². The monoisotopic (exact) mass is 391 g/mol. The first-order chi connectivity index (χ1) is 14.0. The molecule has 6 heteroatoms. The fraction of sp³-hybridized carbons (Fsp3) is 0.130. The van der Waals surface area contributed by atoms with Crippen molar-refractivity contribution in [2.24, 2.45) is 5.73 Å². The summed E-state index contributed by atoms with van der Waals surface area (Å²) in [6.45, 7) is 0.881. The number of hydrogen-bond acceptors (Lipinski definition) is 3. The van der Waals surface area contributed by atoms with Crippen molar-refractivity contribution in [2.45, 2.75) is 19.5 Å². The van der Waals surface area contributed by atoms with E-state index < -0.39 is 11.7 Å².